The number of anilines is 1. The average molecular weight is 185 g/mol. The highest BCUT2D eigenvalue weighted by Gasteiger charge is 1.91. The van der Waals surface area contributed by atoms with Gasteiger partial charge in [-0.05, 0) is 36.2 Å². The number of hydrogen-bond donors (Lipinski definition) is 1. The van der Waals surface area contributed by atoms with Crippen LogP contribution < -0.4 is 5.73 Å². The first-order valence-electron chi connectivity index (χ1n) is 3.14. The summed E-state index contributed by atoms with van der Waals surface area (Å²) < 4.78 is 0. The first kappa shape index (κ1) is 10.6. The molecule has 0 unspecified atom stereocenters. The molecule has 64 valence electrons. The Labute approximate surface area is 76.4 Å². The van der Waals surface area contributed by atoms with Crippen molar-refractivity contribution in [2.24, 2.45) is 5.11 Å². The largest absolute Gasteiger partial charge is 0.399 e. The lowest BCUT2D eigenvalue weighted by Gasteiger charge is -1.97. The predicted octanol–water partition coefficient (Wildman–Crippen LogP) is 2.94. The molecule has 0 radical (unpaired) electrons. The van der Waals surface area contributed by atoms with Crippen LogP contribution in [-0.2, 0) is 0 Å². The van der Waals surface area contributed by atoms with Gasteiger partial charge in [-0.2, -0.15) is 0 Å². The fourth-order valence-corrected chi connectivity index (χ4v) is 0.901. The van der Waals surface area contributed by atoms with Crippen molar-refractivity contribution >= 4 is 23.8 Å². The topological polar surface area (TPSA) is 74.8 Å². The Kier molecular flexibility index (Phi) is 3.97. The normalized spacial score (nSPS) is 8.08. The zero-order chi connectivity index (χ0) is 8.27. The van der Waals surface area contributed by atoms with E-state index in [1.807, 2.05) is 13.0 Å². The molecular formula is C7H9ClN4. The van der Waals surface area contributed by atoms with Crippen LogP contribution in [0.5, 0.6) is 0 Å². The number of hydrogen-bond acceptors (Lipinski definition) is 2. The predicted molar refractivity (Wildman–Crippen MR) is 51.6 cm³/mol. The first-order chi connectivity index (χ1) is 5.22. The van der Waals surface area contributed by atoms with E-state index >= 15 is 0 Å². The van der Waals surface area contributed by atoms with Crippen molar-refractivity contribution in [3.63, 3.8) is 0 Å². The van der Waals surface area contributed by atoms with E-state index in [-0.39, 0.29) is 12.4 Å². The van der Waals surface area contributed by atoms with Gasteiger partial charge < -0.3 is 5.73 Å². The highest BCUT2D eigenvalue weighted by Crippen LogP contribution is 2.18. The second-order valence-corrected chi connectivity index (χ2v) is 2.29. The molecule has 1 aromatic rings. The molecule has 0 fully saturated rings. The molecule has 0 heterocycles. The van der Waals surface area contributed by atoms with Crippen LogP contribution in [-0.4, -0.2) is 0 Å². The number of nitrogens with zero attached hydrogens (tertiary/aromatic N) is 3. The smallest absolute Gasteiger partial charge is 0.0398 e. The second-order valence-electron chi connectivity index (χ2n) is 2.29. The molecule has 2 N–H and O–H groups in total. The molecule has 4 nitrogen and oxygen atoms in total. The molecule has 0 aliphatic rings. The molecule has 0 atom stereocenters. The SMILES string of the molecule is Cc1cc(N)cc(N=[N+]=[N-])c1.Cl. The van der Waals surface area contributed by atoms with Gasteiger partial charge in [-0.25, -0.2) is 0 Å². The van der Waals surface area contributed by atoms with Crippen molar-refractivity contribution in [2.75, 3.05) is 5.73 Å². The van der Waals surface area contributed by atoms with Gasteiger partial charge in [0.05, 0.1) is 0 Å². The van der Waals surface area contributed by atoms with Gasteiger partial charge in [0.15, 0.2) is 0 Å². The maximum absolute atomic E-state index is 8.12. The first-order valence-corrected chi connectivity index (χ1v) is 3.14. The number of azide groups is 1. The van der Waals surface area contributed by atoms with Gasteiger partial charge in [0.25, 0.3) is 0 Å². The van der Waals surface area contributed by atoms with Crippen LogP contribution in [0.3, 0.4) is 0 Å². The standard InChI is InChI=1S/C7H8N4.ClH/c1-5-2-6(8)4-7(3-5)10-11-9;/h2-4H,8H2,1H3;1H. The molecule has 0 bridgehead atoms. The third-order valence-corrected chi connectivity index (χ3v) is 1.24. The van der Waals surface area contributed by atoms with Crippen molar-refractivity contribution in [2.45, 2.75) is 6.92 Å². The van der Waals surface area contributed by atoms with Crippen LogP contribution in [0.1, 0.15) is 5.56 Å². The summed E-state index contributed by atoms with van der Waals surface area (Å²) in [4.78, 5) is 2.66. The van der Waals surface area contributed by atoms with Crippen molar-refractivity contribution in [1.82, 2.24) is 0 Å². The molecule has 0 aromatic heterocycles. The van der Waals surface area contributed by atoms with Gasteiger partial charge in [-0.15, -0.1) is 12.4 Å². The molecule has 0 aliphatic carbocycles. The van der Waals surface area contributed by atoms with E-state index in [1.165, 1.54) is 0 Å². The summed E-state index contributed by atoms with van der Waals surface area (Å²) >= 11 is 0. The molecule has 0 saturated carbocycles. The number of aryl methyl sites for hydroxylation is 1. The summed E-state index contributed by atoms with van der Waals surface area (Å²) in [5.74, 6) is 0. The zero-order valence-electron chi connectivity index (χ0n) is 6.56. The Hall–Kier alpha value is -1.38. The van der Waals surface area contributed by atoms with Gasteiger partial charge in [0, 0.05) is 16.3 Å². The summed E-state index contributed by atoms with van der Waals surface area (Å²) in [5, 5.41) is 3.43. The fourth-order valence-electron chi connectivity index (χ4n) is 0.901. The van der Waals surface area contributed by atoms with Crippen molar-refractivity contribution in [3.05, 3.63) is 34.2 Å². The Morgan fingerprint density at radius 2 is 2.08 bits per heavy atom. The Morgan fingerprint density at radius 1 is 1.42 bits per heavy atom. The average Bonchev–Trinajstić information content (AvgIpc) is 1.85. The fraction of sp³-hybridized carbons (Fsp3) is 0.143. The summed E-state index contributed by atoms with van der Waals surface area (Å²) in [6.07, 6.45) is 0. The third kappa shape index (κ3) is 2.70. The maximum atomic E-state index is 8.12. The van der Waals surface area contributed by atoms with Crippen LogP contribution >= 0.6 is 12.4 Å². The van der Waals surface area contributed by atoms with Gasteiger partial charge in [-0.3, -0.25) is 0 Å². The minimum atomic E-state index is 0. The summed E-state index contributed by atoms with van der Waals surface area (Å²) in [6.45, 7) is 1.90. The van der Waals surface area contributed by atoms with Crippen LogP contribution in [0, 0.1) is 6.92 Å². The molecule has 12 heavy (non-hydrogen) atoms. The minimum Gasteiger partial charge on any atom is -0.399 e. The van der Waals surface area contributed by atoms with E-state index in [2.05, 4.69) is 10.0 Å². The number of nitrogens with two attached hydrogens (primary N) is 1. The van der Waals surface area contributed by atoms with E-state index in [0.29, 0.717) is 11.4 Å². The lowest BCUT2D eigenvalue weighted by atomic mass is 10.2. The Bertz CT molecular complexity index is 297. The van der Waals surface area contributed by atoms with E-state index in [4.69, 9.17) is 11.3 Å². The van der Waals surface area contributed by atoms with E-state index in [0.717, 1.165) is 5.56 Å². The lowest BCUT2D eigenvalue weighted by molar-refractivity contribution is 1.41. The molecule has 1 rings (SSSR count). The van der Waals surface area contributed by atoms with E-state index in [9.17, 15) is 0 Å². The van der Waals surface area contributed by atoms with Crippen molar-refractivity contribution < 1.29 is 0 Å². The van der Waals surface area contributed by atoms with Crippen LogP contribution in [0.25, 0.3) is 10.4 Å². The third-order valence-electron chi connectivity index (χ3n) is 1.24. The summed E-state index contributed by atoms with van der Waals surface area (Å²) in [5.41, 5.74) is 15.8. The van der Waals surface area contributed by atoms with Crippen LogP contribution in [0.15, 0.2) is 23.3 Å². The highest BCUT2D eigenvalue weighted by atomic mass is 35.5. The van der Waals surface area contributed by atoms with E-state index < -0.39 is 0 Å². The van der Waals surface area contributed by atoms with Gasteiger partial charge >= 0.3 is 0 Å². The number of nitrogen functional groups attached to an aromatic ring is 1. The molecular weight excluding hydrogens is 176 g/mol. The Morgan fingerprint density at radius 3 is 2.58 bits per heavy atom. The molecule has 5 heteroatoms. The number of rotatable bonds is 1. The van der Waals surface area contributed by atoms with Gasteiger partial charge in [0.1, 0.15) is 0 Å². The highest BCUT2D eigenvalue weighted by molar-refractivity contribution is 5.85. The second kappa shape index (κ2) is 4.49. The summed E-state index contributed by atoms with van der Waals surface area (Å²) in [7, 11) is 0. The van der Waals surface area contributed by atoms with Crippen molar-refractivity contribution in [3.8, 4) is 0 Å². The van der Waals surface area contributed by atoms with Gasteiger partial charge in [0.2, 0.25) is 0 Å². The van der Waals surface area contributed by atoms with Gasteiger partial charge in [-0.1, -0.05) is 5.11 Å². The molecule has 0 saturated heterocycles. The number of benzene rings is 1. The quantitative estimate of drug-likeness (QED) is 0.310. The molecule has 0 amide bonds. The molecule has 0 spiro atoms. The number of halogens is 1. The van der Waals surface area contributed by atoms with E-state index in [1.54, 1.807) is 12.1 Å². The van der Waals surface area contributed by atoms with Crippen LogP contribution in [0.4, 0.5) is 11.4 Å². The Balaban J connectivity index is 0.00000121. The zero-order valence-corrected chi connectivity index (χ0v) is 7.38. The van der Waals surface area contributed by atoms with Crippen molar-refractivity contribution in [1.29, 1.82) is 0 Å². The lowest BCUT2D eigenvalue weighted by Crippen LogP contribution is -1.83. The van der Waals surface area contributed by atoms with Crippen LogP contribution in [0.2, 0.25) is 0 Å². The summed E-state index contributed by atoms with van der Waals surface area (Å²) in [6, 6.07) is 5.22. The molecule has 0 aliphatic heterocycles. The molecule has 1 aromatic carbocycles. The minimum absolute atomic E-state index is 0. The monoisotopic (exact) mass is 184 g/mol. The maximum Gasteiger partial charge on any atom is 0.0398 e.